The van der Waals surface area contributed by atoms with Gasteiger partial charge in [0.2, 0.25) is 0 Å². The quantitative estimate of drug-likeness (QED) is 0.696. The Bertz CT molecular complexity index is 273. The number of benzene rings is 1. The van der Waals surface area contributed by atoms with E-state index in [-0.39, 0.29) is 11.5 Å². The van der Waals surface area contributed by atoms with Crippen LogP contribution < -0.4 is 0 Å². The van der Waals surface area contributed by atoms with E-state index in [9.17, 15) is 0 Å². The molecular formula is C7H5Br3O2. The zero-order valence-corrected chi connectivity index (χ0v) is 10.5. The second kappa shape index (κ2) is 3.55. The van der Waals surface area contributed by atoms with Crippen LogP contribution in [0.3, 0.4) is 0 Å². The maximum Gasteiger partial charge on any atom is 0.160 e. The molecule has 5 heteroatoms. The summed E-state index contributed by atoms with van der Waals surface area (Å²) in [7, 11) is 0. The summed E-state index contributed by atoms with van der Waals surface area (Å²) in [5, 5.41) is 18.3. The maximum absolute atomic E-state index is 9.13. The van der Waals surface area contributed by atoms with Crippen LogP contribution in [0.2, 0.25) is 0 Å². The number of aromatic hydroxyl groups is 2. The molecule has 0 heterocycles. The van der Waals surface area contributed by atoms with Crippen molar-refractivity contribution in [1.82, 2.24) is 0 Å². The van der Waals surface area contributed by atoms with Crippen molar-refractivity contribution in [3.05, 3.63) is 23.8 Å². The normalized spacial score (nSPS) is 11.6. The third-order valence-corrected chi connectivity index (χ3v) is 2.60. The van der Waals surface area contributed by atoms with Crippen molar-refractivity contribution in [3.8, 4) is 11.5 Å². The summed E-state index contributed by atoms with van der Waals surface area (Å²) in [6, 6.07) is 4.32. The molecule has 0 aliphatic carbocycles. The van der Waals surface area contributed by atoms with Crippen molar-refractivity contribution in [3.63, 3.8) is 0 Å². The van der Waals surface area contributed by atoms with Crippen LogP contribution in [0, 0.1) is 0 Å². The number of hydrogen-bond donors (Lipinski definition) is 2. The minimum absolute atomic E-state index is 0.0210. The smallest absolute Gasteiger partial charge is 0.160 e. The standard InChI is InChI=1S/C7H5Br3O2/c8-7(9,10)4-1-5(11)3-6(12)2-4/h1-3,11-12H. The van der Waals surface area contributed by atoms with E-state index in [0.717, 1.165) is 0 Å². The van der Waals surface area contributed by atoms with Crippen molar-refractivity contribution in [2.75, 3.05) is 0 Å². The van der Waals surface area contributed by atoms with E-state index in [1.54, 1.807) is 0 Å². The summed E-state index contributed by atoms with van der Waals surface area (Å²) in [5.41, 5.74) is 0.681. The highest BCUT2D eigenvalue weighted by Crippen LogP contribution is 2.46. The molecule has 0 atom stereocenters. The van der Waals surface area contributed by atoms with Gasteiger partial charge >= 0.3 is 0 Å². The van der Waals surface area contributed by atoms with Gasteiger partial charge in [-0.1, -0.05) is 47.8 Å². The summed E-state index contributed by atoms with van der Waals surface area (Å²) < 4.78 is -0.608. The number of halogens is 3. The van der Waals surface area contributed by atoms with Gasteiger partial charge < -0.3 is 10.2 Å². The van der Waals surface area contributed by atoms with Gasteiger partial charge in [-0.2, -0.15) is 0 Å². The Morgan fingerprint density at radius 2 is 1.33 bits per heavy atom. The summed E-state index contributed by atoms with van der Waals surface area (Å²) in [6.45, 7) is 0. The predicted octanol–water partition coefficient (Wildman–Crippen LogP) is 3.39. The lowest BCUT2D eigenvalue weighted by Crippen LogP contribution is -1.96. The molecule has 0 unspecified atom stereocenters. The molecule has 0 saturated heterocycles. The van der Waals surface area contributed by atoms with E-state index >= 15 is 0 Å². The van der Waals surface area contributed by atoms with E-state index in [4.69, 9.17) is 10.2 Å². The molecule has 0 aromatic heterocycles. The fourth-order valence-electron chi connectivity index (χ4n) is 0.759. The molecular weight excluding hydrogens is 356 g/mol. The van der Waals surface area contributed by atoms with Gasteiger partial charge in [0.1, 0.15) is 11.5 Å². The molecule has 12 heavy (non-hydrogen) atoms. The maximum atomic E-state index is 9.13. The molecule has 1 aromatic rings. The third-order valence-electron chi connectivity index (χ3n) is 1.23. The molecule has 0 saturated carbocycles. The lowest BCUT2D eigenvalue weighted by Gasteiger charge is -2.12. The van der Waals surface area contributed by atoms with E-state index < -0.39 is 2.14 Å². The van der Waals surface area contributed by atoms with Crippen molar-refractivity contribution in [1.29, 1.82) is 0 Å². The summed E-state index contributed by atoms with van der Waals surface area (Å²) in [6.07, 6.45) is 0. The zero-order chi connectivity index (χ0) is 9.35. The minimum atomic E-state index is -0.608. The minimum Gasteiger partial charge on any atom is -0.508 e. The second-order valence-electron chi connectivity index (χ2n) is 2.24. The van der Waals surface area contributed by atoms with Crippen LogP contribution in [0.5, 0.6) is 11.5 Å². The van der Waals surface area contributed by atoms with Gasteiger partial charge in [-0.15, -0.1) is 0 Å². The highest BCUT2D eigenvalue weighted by atomic mass is 80.0. The lowest BCUT2D eigenvalue weighted by molar-refractivity contribution is 0.449. The highest BCUT2D eigenvalue weighted by molar-refractivity contribution is 9.38. The molecule has 66 valence electrons. The van der Waals surface area contributed by atoms with E-state index in [0.29, 0.717) is 5.56 Å². The highest BCUT2D eigenvalue weighted by Gasteiger charge is 2.21. The molecule has 1 rings (SSSR count). The third kappa shape index (κ3) is 2.64. The van der Waals surface area contributed by atoms with Crippen LogP contribution >= 0.6 is 47.8 Å². The first-order chi connectivity index (χ1) is 5.39. The largest absolute Gasteiger partial charge is 0.508 e. The van der Waals surface area contributed by atoms with Crippen LogP contribution in [-0.4, -0.2) is 10.2 Å². The average molecular weight is 361 g/mol. The SMILES string of the molecule is Oc1cc(O)cc(C(Br)(Br)Br)c1. The number of rotatable bonds is 0. The number of phenolic OH excluding ortho intramolecular Hbond substituents is 2. The average Bonchev–Trinajstić information content (AvgIpc) is 1.82. The van der Waals surface area contributed by atoms with Gasteiger partial charge in [0.25, 0.3) is 0 Å². The first-order valence-corrected chi connectivity index (χ1v) is 5.38. The summed E-state index contributed by atoms with van der Waals surface area (Å²) in [4.78, 5) is 0. The van der Waals surface area contributed by atoms with Crippen molar-refractivity contribution >= 4 is 47.8 Å². The second-order valence-corrected chi connectivity index (χ2v) is 9.00. The van der Waals surface area contributed by atoms with E-state index in [1.165, 1.54) is 18.2 Å². The van der Waals surface area contributed by atoms with Crippen LogP contribution in [0.4, 0.5) is 0 Å². The molecule has 0 bridgehead atoms. The van der Waals surface area contributed by atoms with Gasteiger partial charge in [0, 0.05) is 6.07 Å². The summed E-state index contributed by atoms with van der Waals surface area (Å²) >= 11 is 9.80. The molecule has 0 aliphatic rings. The van der Waals surface area contributed by atoms with Gasteiger partial charge in [-0.05, 0) is 17.7 Å². The topological polar surface area (TPSA) is 40.5 Å². The molecule has 0 spiro atoms. The number of phenols is 2. The van der Waals surface area contributed by atoms with Gasteiger partial charge in [-0.25, -0.2) is 0 Å². The molecule has 0 amide bonds. The fourth-order valence-corrected chi connectivity index (χ4v) is 1.45. The van der Waals surface area contributed by atoms with Crippen LogP contribution in [0.15, 0.2) is 18.2 Å². The number of hydrogen-bond acceptors (Lipinski definition) is 2. The Morgan fingerprint density at radius 3 is 1.67 bits per heavy atom. The first-order valence-electron chi connectivity index (χ1n) is 3.00. The van der Waals surface area contributed by atoms with Crippen LogP contribution in [0.25, 0.3) is 0 Å². The molecule has 2 nitrogen and oxygen atoms in total. The summed E-state index contributed by atoms with van der Waals surface area (Å²) in [5.74, 6) is 0.0421. The Kier molecular flexibility index (Phi) is 3.06. The van der Waals surface area contributed by atoms with Gasteiger partial charge in [0.15, 0.2) is 2.14 Å². The lowest BCUT2D eigenvalue weighted by atomic mass is 10.2. The van der Waals surface area contributed by atoms with E-state index in [1.807, 2.05) is 0 Å². The molecule has 0 radical (unpaired) electrons. The van der Waals surface area contributed by atoms with Crippen molar-refractivity contribution in [2.24, 2.45) is 0 Å². The molecule has 2 N–H and O–H groups in total. The zero-order valence-electron chi connectivity index (χ0n) is 5.76. The Hall–Kier alpha value is 0.260. The van der Waals surface area contributed by atoms with Gasteiger partial charge in [0.05, 0.1) is 0 Å². The molecule has 0 aliphatic heterocycles. The van der Waals surface area contributed by atoms with Crippen LogP contribution in [-0.2, 0) is 2.14 Å². The molecule has 1 aromatic carbocycles. The van der Waals surface area contributed by atoms with Crippen LogP contribution in [0.1, 0.15) is 5.56 Å². The Morgan fingerprint density at radius 1 is 0.917 bits per heavy atom. The number of alkyl halides is 3. The monoisotopic (exact) mass is 358 g/mol. The van der Waals surface area contributed by atoms with E-state index in [2.05, 4.69) is 47.8 Å². The Balaban J connectivity index is 3.18. The van der Waals surface area contributed by atoms with Gasteiger partial charge in [-0.3, -0.25) is 0 Å². The van der Waals surface area contributed by atoms with Crippen molar-refractivity contribution < 1.29 is 10.2 Å². The first kappa shape index (κ1) is 10.3. The van der Waals surface area contributed by atoms with Crippen molar-refractivity contribution in [2.45, 2.75) is 2.14 Å². The predicted molar refractivity (Wildman–Crippen MR) is 58.2 cm³/mol. The Labute approximate surface area is 95.0 Å². The fraction of sp³-hybridized carbons (Fsp3) is 0.143. The molecule has 0 fully saturated rings.